The fourth-order valence-corrected chi connectivity index (χ4v) is 4.80. The van der Waals surface area contributed by atoms with Gasteiger partial charge in [0.15, 0.2) is 0 Å². The molecule has 8 nitrogen and oxygen atoms in total. The number of nitrogens with zero attached hydrogens (tertiary/aromatic N) is 6. The van der Waals surface area contributed by atoms with Crippen LogP contribution in [0.5, 0.6) is 0 Å². The number of methoxy groups -OCH3 is 1. The zero-order valence-electron chi connectivity index (χ0n) is 18.5. The van der Waals surface area contributed by atoms with E-state index in [1.54, 1.807) is 25.8 Å². The van der Waals surface area contributed by atoms with Gasteiger partial charge in [-0.05, 0) is 45.6 Å². The van der Waals surface area contributed by atoms with Crippen LogP contribution >= 0.6 is 0 Å². The molecular weight excluding hydrogens is 392 g/mol. The van der Waals surface area contributed by atoms with Crippen molar-refractivity contribution in [1.29, 1.82) is 5.26 Å². The van der Waals surface area contributed by atoms with Crippen molar-refractivity contribution in [3.8, 4) is 6.07 Å². The number of aromatic nitrogens is 3. The second-order valence-corrected chi connectivity index (χ2v) is 8.82. The minimum atomic E-state index is -0.583. The summed E-state index contributed by atoms with van der Waals surface area (Å²) < 4.78 is 7.48. The highest BCUT2D eigenvalue weighted by Gasteiger charge is 2.41. The van der Waals surface area contributed by atoms with Gasteiger partial charge < -0.3 is 9.64 Å². The van der Waals surface area contributed by atoms with Gasteiger partial charge in [0.1, 0.15) is 23.5 Å². The Kier molecular flexibility index (Phi) is 6.08. The number of nitriles is 1. The number of rotatable bonds is 5. The van der Waals surface area contributed by atoms with Gasteiger partial charge in [-0.3, -0.25) is 19.2 Å². The Morgan fingerprint density at radius 1 is 1.26 bits per heavy atom. The van der Waals surface area contributed by atoms with Crippen LogP contribution in [0.15, 0.2) is 30.4 Å². The largest absolute Gasteiger partial charge is 0.380 e. The molecule has 2 aliphatic rings. The fraction of sp³-hybridized carbons (Fsp3) is 0.565. The van der Waals surface area contributed by atoms with Crippen LogP contribution in [0.3, 0.4) is 0 Å². The molecule has 31 heavy (non-hydrogen) atoms. The zero-order valence-corrected chi connectivity index (χ0v) is 18.5. The molecule has 4 rings (SSSR count). The highest BCUT2D eigenvalue weighted by molar-refractivity contribution is 6.04. The van der Waals surface area contributed by atoms with Crippen LogP contribution in [0.25, 0.3) is 16.7 Å². The molecular formula is C23H30N6O2. The number of likely N-dealkylation sites (tertiary alicyclic amines) is 2. The van der Waals surface area contributed by atoms with Crippen LogP contribution in [0.1, 0.15) is 39.5 Å². The normalized spacial score (nSPS) is 21.2. The number of amides is 1. The van der Waals surface area contributed by atoms with E-state index in [0.29, 0.717) is 18.8 Å². The van der Waals surface area contributed by atoms with E-state index >= 15 is 0 Å². The van der Waals surface area contributed by atoms with Crippen LogP contribution in [0, 0.1) is 11.3 Å². The summed E-state index contributed by atoms with van der Waals surface area (Å²) in [7, 11) is 1.73. The molecule has 0 radical (unpaired) electrons. The number of ether oxygens (including phenoxy) is 1. The Hall–Kier alpha value is -2.76. The van der Waals surface area contributed by atoms with Gasteiger partial charge in [0.25, 0.3) is 5.91 Å². The number of pyridine rings is 1. The van der Waals surface area contributed by atoms with Crippen molar-refractivity contribution in [2.75, 3.05) is 33.3 Å². The molecule has 0 bridgehead atoms. The van der Waals surface area contributed by atoms with Crippen molar-refractivity contribution in [2.45, 2.75) is 51.2 Å². The van der Waals surface area contributed by atoms with E-state index in [1.165, 1.54) is 0 Å². The molecule has 0 saturated carbocycles. The molecule has 2 saturated heterocycles. The van der Waals surface area contributed by atoms with Crippen LogP contribution in [-0.2, 0) is 9.53 Å². The molecule has 0 N–H and O–H groups in total. The summed E-state index contributed by atoms with van der Waals surface area (Å²) in [5.74, 6) is -0.191. The van der Waals surface area contributed by atoms with Gasteiger partial charge in [-0.2, -0.15) is 5.26 Å². The van der Waals surface area contributed by atoms with Crippen LogP contribution in [0.2, 0.25) is 0 Å². The summed E-state index contributed by atoms with van der Waals surface area (Å²) in [6.07, 6.45) is 9.26. The minimum absolute atomic E-state index is 0.146. The molecule has 2 fully saturated rings. The molecule has 4 heterocycles. The third kappa shape index (κ3) is 3.95. The predicted molar refractivity (Wildman–Crippen MR) is 118 cm³/mol. The Balaban J connectivity index is 1.87. The third-order valence-electron chi connectivity index (χ3n) is 6.64. The lowest BCUT2D eigenvalue weighted by Gasteiger charge is -2.39. The molecule has 1 atom stereocenters. The maximum Gasteiger partial charge on any atom is 0.266 e. The molecule has 1 unspecified atom stereocenters. The predicted octanol–water partition coefficient (Wildman–Crippen LogP) is 2.68. The summed E-state index contributed by atoms with van der Waals surface area (Å²) in [6.45, 7) is 7.13. The second-order valence-electron chi connectivity index (χ2n) is 8.82. The van der Waals surface area contributed by atoms with E-state index in [-0.39, 0.29) is 17.6 Å². The van der Waals surface area contributed by atoms with E-state index in [0.717, 1.165) is 49.8 Å². The molecule has 2 aromatic rings. The number of fused-ring (bicyclic) bond motifs is 1. The lowest BCUT2D eigenvalue weighted by Crippen LogP contribution is -2.47. The molecule has 2 aliphatic heterocycles. The van der Waals surface area contributed by atoms with E-state index in [9.17, 15) is 10.1 Å². The number of carbonyl (C=O) groups is 1. The third-order valence-corrected chi connectivity index (χ3v) is 6.64. The van der Waals surface area contributed by atoms with Crippen molar-refractivity contribution in [2.24, 2.45) is 0 Å². The number of piperidine rings is 1. The molecule has 0 aromatic carbocycles. The summed E-state index contributed by atoms with van der Waals surface area (Å²) in [6, 6.07) is 4.15. The van der Waals surface area contributed by atoms with Gasteiger partial charge in [0.05, 0.1) is 29.1 Å². The molecule has 1 amide bonds. The number of carbonyl (C=O) groups excluding carboxylic acids is 1. The van der Waals surface area contributed by atoms with Gasteiger partial charge in [-0.25, -0.2) is 4.98 Å². The lowest BCUT2D eigenvalue weighted by molar-refractivity contribution is -0.127. The van der Waals surface area contributed by atoms with E-state index in [1.807, 2.05) is 15.5 Å². The maximum absolute atomic E-state index is 13.5. The lowest BCUT2D eigenvalue weighted by atomic mass is 9.92. The van der Waals surface area contributed by atoms with Crippen LogP contribution in [-0.4, -0.2) is 75.2 Å². The van der Waals surface area contributed by atoms with Gasteiger partial charge in [-0.15, -0.1) is 0 Å². The average molecular weight is 423 g/mol. The standard InChI is InChI=1S/C23H30N6O2/c1-23(2,28-12-8-17(15-28)31-3)21(29-16-26-19-14-25-9-7-20(19)29)18(13-24)22(30)27-10-5-4-6-11-27/h7,9,14,16-17H,4-6,8,10-12,15H2,1-3H3. The van der Waals surface area contributed by atoms with Crippen LogP contribution < -0.4 is 0 Å². The average Bonchev–Trinajstić information content (AvgIpc) is 3.45. The smallest absolute Gasteiger partial charge is 0.266 e. The van der Waals surface area contributed by atoms with E-state index < -0.39 is 5.54 Å². The Morgan fingerprint density at radius 2 is 2.03 bits per heavy atom. The first-order chi connectivity index (χ1) is 15.0. The van der Waals surface area contributed by atoms with E-state index in [4.69, 9.17) is 4.74 Å². The van der Waals surface area contributed by atoms with Gasteiger partial charge >= 0.3 is 0 Å². The molecule has 164 valence electrons. The number of hydrogen-bond donors (Lipinski definition) is 0. The highest BCUT2D eigenvalue weighted by Crippen LogP contribution is 2.36. The first kappa shape index (κ1) is 21.5. The van der Waals surface area contributed by atoms with Crippen molar-refractivity contribution < 1.29 is 9.53 Å². The maximum atomic E-state index is 13.5. The van der Waals surface area contributed by atoms with Gasteiger partial charge in [0.2, 0.25) is 0 Å². The Bertz CT molecular complexity index is 1030. The summed E-state index contributed by atoms with van der Waals surface area (Å²) in [5.41, 5.74) is 1.83. The van der Waals surface area contributed by atoms with E-state index in [2.05, 4.69) is 34.8 Å². The van der Waals surface area contributed by atoms with Crippen molar-refractivity contribution in [3.05, 3.63) is 30.4 Å². The number of hydrogen-bond acceptors (Lipinski definition) is 6. The monoisotopic (exact) mass is 422 g/mol. The molecule has 2 aromatic heterocycles. The zero-order chi connectivity index (χ0) is 22.0. The second kappa shape index (κ2) is 8.77. The van der Waals surface area contributed by atoms with Crippen molar-refractivity contribution >= 4 is 22.6 Å². The molecule has 8 heteroatoms. The summed E-state index contributed by atoms with van der Waals surface area (Å²) >= 11 is 0. The Labute approximate surface area is 183 Å². The van der Waals surface area contributed by atoms with Gasteiger partial charge in [0, 0.05) is 39.5 Å². The fourth-order valence-electron chi connectivity index (χ4n) is 4.80. The Morgan fingerprint density at radius 3 is 2.71 bits per heavy atom. The van der Waals surface area contributed by atoms with Crippen molar-refractivity contribution in [1.82, 2.24) is 24.3 Å². The summed E-state index contributed by atoms with van der Waals surface area (Å²) in [5, 5.41) is 10.2. The quantitative estimate of drug-likeness (QED) is 0.544. The first-order valence-electron chi connectivity index (χ1n) is 11.0. The van der Waals surface area contributed by atoms with Crippen LogP contribution in [0.4, 0.5) is 0 Å². The highest BCUT2D eigenvalue weighted by atomic mass is 16.5. The van der Waals surface area contributed by atoms with Gasteiger partial charge in [-0.1, -0.05) is 0 Å². The minimum Gasteiger partial charge on any atom is -0.380 e. The molecule has 0 spiro atoms. The van der Waals surface area contributed by atoms with Crippen molar-refractivity contribution in [3.63, 3.8) is 0 Å². The summed E-state index contributed by atoms with van der Waals surface area (Å²) in [4.78, 5) is 26.3. The molecule has 0 aliphatic carbocycles. The SMILES string of the molecule is COC1CCN(C(C)(C)C(=C(C#N)C(=O)N2CCCCC2)n2cnc3cnccc32)C1. The topological polar surface area (TPSA) is 87.3 Å². The first-order valence-corrected chi connectivity index (χ1v) is 11.0. The number of imidazole rings is 1.